The molecule has 1 heterocycles. The molecule has 3 rings (SSSR count). The zero-order valence-corrected chi connectivity index (χ0v) is 17.6. The molecule has 0 atom stereocenters. The number of nitrogens with zero attached hydrogens (tertiary/aromatic N) is 1. The second-order valence-corrected chi connectivity index (χ2v) is 8.82. The third kappa shape index (κ3) is 5.27. The Labute approximate surface area is 169 Å². The Morgan fingerprint density at radius 3 is 2.61 bits per heavy atom. The number of amides is 2. The summed E-state index contributed by atoms with van der Waals surface area (Å²) in [6.07, 6.45) is 6.19. The molecule has 28 heavy (non-hydrogen) atoms. The summed E-state index contributed by atoms with van der Waals surface area (Å²) < 4.78 is 0. The standard InChI is InChI=1S/C23H35N3O2/c1-16(2)22(27)24-14-17-6-9-19(10-7-17)23(28)25-15-18-8-11-21-20(13-18)5-4-12-26(21)3/h8,11,13,16-17,19H,4-7,9-10,12,14-15H2,1-3H3,(H,24,27)(H,25,28). The number of fused-ring (bicyclic) bond motifs is 1. The van der Waals surface area contributed by atoms with Gasteiger partial charge in [0.25, 0.3) is 0 Å². The van der Waals surface area contributed by atoms with Crippen molar-refractivity contribution in [1.82, 2.24) is 10.6 Å². The van der Waals surface area contributed by atoms with E-state index >= 15 is 0 Å². The van der Waals surface area contributed by atoms with Gasteiger partial charge in [0.1, 0.15) is 0 Å². The number of carbonyl (C=O) groups excluding carboxylic acids is 2. The lowest BCUT2D eigenvalue weighted by atomic mass is 9.81. The fraction of sp³-hybridized carbons (Fsp3) is 0.652. The van der Waals surface area contributed by atoms with Crippen LogP contribution in [0.1, 0.15) is 57.1 Å². The van der Waals surface area contributed by atoms with Crippen LogP contribution in [0.4, 0.5) is 5.69 Å². The molecule has 0 bridgehead atoms. The first-order chi connectivity index (χ1) is 13.4. The second-order valence-electron chi connectivity index (χ2n) is 8.82. The SMILES string of the molecule is CC(C)C(=O)NCC1CCC(C(=O)NCc2ccc3c(c2)CCCN3C)CC1. The summed E-state index contributed by atoms with van der Waals surface area (Å²) in [6.45, 7) is 6.30. The van der Waals surface area contributed by atoms with Crippen LogP contribution in [-0.2, 0) is 22.6 Å². The number of anilines is 1. The lowest BCUT2D eigenvalue weighted by Gasteiger charge is -2.29. The largest absolute Gasteiger partial charge is 0.374 e. The van der Waals surface area contributed by atoms with Crippen molar-refractivity contribution >= 4 is 17.5 Å². The van der Waals surface area contributed by atoms with E-state index < -0.39 is 0 Å². The van der Waals surface area contributed by atoms with Crippen molar-refractivity contribution in [2.75, 3.05) is 25.0 Å². The Bertz CT molecular complexity index is 693. The monoisotopic (exact) mass is 385 g/mol. The molecule has 0 spiro atoms. The van der Waals surface area contributed by atoms with E-state index in [-0.39, 0.29) is 23.7 Å². The molecule has 5 nitrogen and oxygen atoms in total. The zero-order valence-electron chi connectivity index (χ0n) is 17.6. The van der Waals surface area contributed by atoms with E-state index in [2.05, 4.69) is 40.8 Å². The van der Waals surface area contributed by atoms with E-state index in [1.165, 1.54) is 23.2 Å². The van der Waals surface area contributed by atoms with Gasteiger partial charge in [-0.3, -0.25) is 9.59 Å². The maximum Gasteiger partial charge on any atom is 0.223 e. The van der Waals surface area contributed by atoms with Gasteiger partial charge < -0.3 is 15.5 Å². The van der Waals surface area contributed by atoms with Crippen LogP contribution in [0.25, 0.3) is 0 Å². The summed E-state index contributed by atoms with van der Waals surface area (Å²) in [4.78, 5) is 26.6. The molecule has 1 fully saturated rings. The minimum Gasteiger partial charge on any atom is -0.374 e. The summed E-state index contributed by atoms with van der Waals surface area (Å²) >= 11 is 0. The van der Waals surface area contributed by atoms with Gasteiger partial charge in [0.2, 0.25) is 11.8 Å². The Morgan fingerprint density at radius 2 is 1.89 bits per heavy atom. The predicted octanol–water partition coefficient (Wildman–Crippen LogP) is 3.26. The number of hydrogen-bond acceptors (Lipinski definition) is 3. The molecule has 1 aromatic carbocycles. The smallest absolute Gasteiger partial charge is 0.223 e. The molecule has 1 aromatic rings. The Morgan fingerprint density at radius 1 is 1.14 bits per heavy atom. The third-order valence-electron chi connectivity index (χ3n) is 6.27. The highest BCUT2D eigenvalue weighted by Crippen LogP contribution is 2.29. The molecular formula is C23H35N3O2. The van der Waals surface area contributed by atoms with Crippen molar-refractivity contribution in [1.29, 1.82) is 0 Å². The quantitative estimate of drug-likeness (QED) is 0.790. The summed E-state index contributed by atoms with van der Waals surface area (Å²) in [5.74, 6) is 0.951. The molecule has 5 heteroatoms. The molecule has 154 valence electrons. The molecule has 0 saturated heterocycles. The molecular weight excluding hydrogens is 350 g/mol. The predicted molar refractivity (Wildman–Crippen MR) is 113 cm³/mol. The van der Waals surface area contributed by atoms with Crippen LogP contribution in [0.5, 0.6) is 0 Å². The summed E-state index contributed by atoms with van der Waals surface area (Å²) in [6, 6.07) is 6.57. The first kappa shape index (κ1) is 20.7. The fourth-order valence-corrected chi connectivity index (χ4v) is 4.36. The minimum atomic E-state index is 0.0334. The number of carbonyl (C=O) groups is 2. The molecule has 2 aliphatic rings. The maximum absolute atomic E-state index is 12.6. The zero-order chi connectivity index (χ0) is 20.1. The topological polar surface area (TPSA) is 61.4 Å². The highest BCUT2D eigenvalue weighted by Gasteiger charge is 2.26. The van der Waals surface area contributed by atoms with Gasteiger partial charge in [-0.15, -0.1) is 0 Å². The lowest BCUT2D eigenvalue weighted by Crippen LogP contribution is -2.37. The molecule has 0 radical (unpaired) electrons. The van der Waals surface area contributed by atoms with Crippen molar-refractivity contribution in [2.45, 2.75) is 58.9 Å². The van der Waals surface area contributed by atoms with E-state index in [0.717, 1.165) is 45.2 Å². The minimum absolute atomic E-state index is 0.0334. The number of nitrogens with one attached hydrogen (secondary N) is 2. The van der Waals surface area contributed by atoms with E-state index in [9.17, 15) is 9.59 Å². The average molecular weight is 386 g/mol. The molecule has 2 amide bonds. The molecule has 0 unspecified atom stereocenters. The Kier molecular flexibility index (Phi) is 6.97. The van der Waals surface area contributed by atoms with Crippen LogP contribution in [-0.4, -0.2) is 32.0 Å². The maximum atomic E-state index is 12.6. The van der Waals surface area contributed by atoms with Gasteiger partial charge in [-0.25, -0.2) is 0 Å². The molecule has 1 aliphatic heterocycles. The van der Waals surface area contributed by atoms with Gasteiger partial charge in [0.15, 0.2) is 0 Å². The van der Waals surface area contributed by atoms with Crippen molar-refractivity contribution in [3.63, 3.8) is 0 Å². The second kappa shape index (κ2) is 9.44. The summed E-state index contributed by atoms with van der Waals surface area (Å²) in [5, 5.41) is 6.17. The number of aryl methyl sites for hydroxylation is 1. The van der Waals surface area contributed by atoms with Crippen LogP contribution >= 0.6 is 0 Å². The van der Waals surface area contributed by atoms with Gasteiger partial charge in [-0.05, 0) is 61.6 Å². The summed E-state index contributed by atoms with van der Waals surface area (Å²) in [7, 11) is 2.14. The normalized spacial score (nSPS) is 21.9. The Balaban J connectivity index is 1.42. The van der Waals surface area contributed by atoms with Gasteiger partial charge in [-0.2, -0.15) is 0 Å². The van der Waals surface area contributed by atoms with E-state index in [1.807, 2.05) is 13.8 Å². The van der Waals surface area contributed by atoms with Gasteiger partial charge >= 0.3 is 0 Å². The van der Waals surface area contributed by atoms with Crippen LogP contribution in [0.15, 0.2) is 18.2 Å². The van der Waals surface area contributed by atoms with Crippen molar-refractivity contribution in [3.8, 4) is 0 Å². The van der Waals surface area contributed by atoms with E-state index in [0.29, 0.717) is 12.5 Å². The van der Waals surface area contributed by atoms with Crippen LogP contribution in [0.3, 0.4) is 0 Å². The van der Waals surface area contributed by atoms with Gasteiger partial charge in [0.05, 0.1) is 0 Å². The van der Waals surface area contributed by atoms with Crippen LogP contribution in [0, 0.1) is 17.8 Å². The highest BCUT2D eigenvalue weighted by atomic mass is 16.2. The third-order valence-corrected chi connectivity index (χ3v) is 6.27. The number of rotatable bonds is 6. The lowest BCUT2D eigenvalue weighted by molar-refractivity contribution is -0.127. The first-order valence-electron chi connectivity index (χ1n) is 10.8. The van der Waals surface area contributed by atoms with Crippen molar-refractivity contribution in [3.05, 3.63) is 29.3 Å². The van der Waals surface area contributed by atoms with Crippen molar-refractivity contribution in [2.24, 2.45) is 17.8 Å². The highest BCUT2D eigenvalue weighted by molar-refractivity contribution is 5.79. The molecule has 1 aliphatic carbocycles. The fourth-order valence-electron chi connectivity index (χ4n) is 4.36. The number of benzene rings is 1. The Hall–Kier alpha value is -2.04. The van der Waals surface area contributed by atoms with Crippen LogP contribution in [0.2, 0.25) is 0 Å². The van der Waals surface area contributed by atoms with Gasteiger partial charge in [-0.1, -0.05) is 26.0 Å². The summed E-state index contributed by atoms with van der Waals surface area (Å²) in [5.41, 5.74) is 3.90. The average Bonchev–Trinajstić information content (AvgIpc) is 2.70. The van der Waals surface area contributed by atoms with Gasteiger partial charge in [0, 0.05) is 44.2 Å². The molecule has 0 aromatic heterocycles. The van der Waals surface area contributed by atoms with Crippen LogP contribution < -0.4 is 15.5 Å². The number of hydrogen-bond donors (Lipinski definition) is 2. The first-order valence-corrected chi connectivity index (χ1v) is 10.8. The van der Waals surface area contributed by atoms with E-state index in [1.54, 1.807) is 0 Å². The van der Waals surface area contributed by atoms with Crippen molar-refractivity contribution < 1.29 is 9.59 Å². The molecule has 2 N–H and O–H groups in total. The molecule has 1 saturated carbocycles. The van der Waals surface area contributed by atoms with E-state index in [4.69, 9.17) is 0 Å².